The predicted octanol–water partition coefficient (Wildman–Crippen LogP) is 4.27. The Morgan fingerprint density at radius 2 is 2.38 bits per heavy atom. The molecule has 0 amide bonds. The van der Waals surface area contributed by atoms with Gasteiger partial charge in [-0.2, -0.15) is 0 Å². The van der Waals surface area contributed by atoms with E-state index in [0.29, 0.717) is 12.1 Å². The summed E-state index contributed by atoms with van der Waals surface area (Å²) < 4.78 is 0. The second-order valence-corrected chi connectivity index (χ2v) is 5.92. The molecular weight excluding hydrogens is 238 g/mol. The summed E-state index contributed by atoms with van der Waals surface area (Å²) in [7, 11) is 0. The lowest BCUT2D eigenvalue weighted by molar-refractivity contribution is 0.432. The average Bonchev–Trinajstić information content (AvgIpc) is 2.29. The van der Waals surface area contributed by atoms with Crippen LogP contribution in [-0.2, 0) is 0 Å². The van der Waals surface area contributed by atoms with Gasteiger partial charge in [-0.05, 0) is 49.3 Å². The molecule has 1 aliphatic heterocycles. The van der Waals surface area contributed by atoms with Gasteiger partial charge in [-0.3, -0.25) is 0 Å². The van der Waals surface area contributed by atoms with E-state index < -0.39 is 0 Å². The number of fused-ring (bicyclic) bond motifs is 1. The predicted molar refractivity (Wildman–Crippen MR) is 72.4 cm³/mol. The zero-order chi connectivity index (χ0) is 11.5. The van der Waals surface area contributed by atoms with Crippen molar-refractivity contribution in [1.29, 1.82) is 0 Å². The first-order valence-corrected chi connectivity index (χ1v) is 7.25. The third-order valence-corrected chi connectivity index (χ3v) is 4.47. The molecule has 0 fully saturated rings. The fourth-order valence-corrected chi connectivity index (χ4v) is 3.29. The Labute approximate surface area is 107 Å². The van der Waals surface area contributed by atoms with Crippen molar-refractivity contribution in [1.82, 2.24) is 5.32 Å². The van der Waals surface area contributed by atoms with Crippen LogP contribution in [0.5, 0.6) is 0 Å². The Kier molecular flexibility index (Phi) is 4.17. The molecule has 1 heterocycles. The van der Waals surface area contributed by atoms with Gasteiger partial charge in [0.2, 0.25) is 0 Å². The van der Waals surface area contributed by atoms with E-state index in [-0.39, 0.29) is 0 Å². The highest BCUT2D eigenvalue weighted by Gasteiger charge is 2.21. The summed E-state index contributed by atoms with van der Waals surface area (Å²) in [6, 6.07) is 7.29. The second kappa shape index (κ2) is 5.44. The highest BCUT2D eigenvalue weighted by atomic mass is 35.5. The Morgan fingerprint density at radius 1 is 1.56 bits per heavy atom. The van der Waals surface area contributed by atoms with Crippen LogP contribution in [0.15, 0.2) is 23.1 Å². The second-order valence-electron chi connectivity index (χ2n) is 4.35. The van der Waals surface area contributed by atoms with E-state index in [1.807, 2.05) is 17.8 Å². The van der Waals surface area contributed by atoms with Gasteiger partial charge in [-0.1, -0.05) is 18.5 Å². The Hall–Kier alpha value is -0.180. The molecule has 0 spiro atoms. The van der Waals surface area contributed by atoms with E-state index in [9.17, 15) is 0 Å². The number of nitrogens with one attached hydrogen (secondary N) is 1. The molecular formula is C13H18ClNS. The van der Waals surface area contributed by atoms with Gasteiger partial charge in [-0.15, -0.1) is 11.8 Å². The van der Waals surface area contributed by atoms with Crippen molar-refractivity contribution in [2.24, 2.45) is 0 Å². The summed E-state index contributed by atoms with van der Waals surface area (Å²) in [5.41, 5.74) is 1.38. The molecule has 2 rings (SSSR count). The van der Waals surface area contributed by atoms with Crippen LogP contribution in [0, 0.1) is 0 Å². The minimum absolute atomic E-state index is 0.477. The van der Waals surface area contributed by atoms with Crippen molar-refractivity contribution in [2.75, 3.05) is 5.75 Å². The standard InChI is InChI=1S/C13H18ClNS/c1-3-9(2)15-12-6-7-16-13-5-4-10(14)8-11(12)13/h4-5,8-9,12,15H,3,6-7H2,1-2H3. The summed E-state index contributed by atoms with van der Waals surface area (Å²) in [5, 5.41) is 4.52. The Bertz CT molecular complexity index is 367. The lowest BCUT2D eigenvalue weighted by Gasteiger charge is -2.28. The largest absolute Gasteiger partial charge is 0.307 e. The van der Waals surface area contributed by atoms with Crippen LogP contribution in [0.4, 0.5) is 0 Å². The van der Waals surface area contributed by atoms with Crippen LogP contribution in [0.25, 0.3) is 0 Å². The van der Waals surface area contributed by atoms with Crippen molar-refractivity contribution in [3.8, 4) is 0 Å². The van der Waals surface area contributed by atoms with Crippen molar-refractivity contribution >= 4 is 23.4 Å². The fraction of sp³-hybridized carbons (Fsp3) is 0.538. The molecule has 1 aromatic carbocycles. The van der Waals surface area contributed by atoms with Crippen molar-refractivity contribution < 1.29 is 0 Å². The minimum atomic E-state index is 0.477. The highest BCUT2D eigenvalue weighted by Crippen LogP contribution is 2.37. The van der Waals surface area contributed by atoms with Crippen LogP contribution in [0.1, 0.15) is 38.3 Å². The number of rotatable bonds is 3. The van der Waals surface area contributed by atoms with Crippen molar-refractivity contribution in [3.63, 3.8) is 0 Å². The van der Waals surface area contributed by atoms with E-state index >= 15 is 0 Å². The van der Waals surface area contributed by atoms with Gasteiger partial charge in [0, 0.05) is 22.0 Å². The molecule has 16 heavy (non-hydrogen) atoms. The molecule has 2 atom stereocenters. The summed E-state index contributed by atoms with van der Waals surface area (Å²) in [4.78, 5) is 1.39. The van der Waals surface area contributed by atoms with Crippen molar-refractivity contribution in [3.05, 3.63) is 28.8 Å². The van der Waals surface area contributed by atoms with E-state index in [0.717, 1.165) is 5.02 Å². The Balaban J connectivity index is 2.21. The van der Waals surface area contributed by atoms with Gasteiger partial charge in [0.05, 0.1) is 0 Å². The van der Waals surface area contributed by atoms with Gasteiger partial charge < -0.3 is 5.32 Å². The van der Waals surface area contributed by atoms with Gasteiger partial charge >= 0.3 is 0 Å². The molecule has 0 aromatic heterocycles. The van der Waals surface area contributed by atoms with Crippen LogP contribution in [0.2, 0.25) is 5.02 Å². The smallest absolute Gasteiger partial charge is 0.0410 e. The number of benzene rings is 1. The van der Waals surface area contributed by atoms with Gasteiger partial charge in [0.15, 0.2) is 0 Å². The summed E-state index contributed by atoms with van der Waals surface area (Å²) in [6.07, 6.45) is 2.36. The first-order chi connectivity index (χ1) is 7.70. The SMILES string of the molecule is CCC(C)NC1CCSc2ccc(Cl)cc21. The van der Waals surface area contributed by atoms with Gasteiger partial charge in [0.1, 0.15) is 0 Å². The molecule has 1 aromatic rings. The average molecular weight is 256 g/mol. The van der Waals surface area contributed by atoms with E-state index in [4.69, 9.17) is 11.6 Å². The van der Waals surface area contributed by atoms with Crippen LogP contribution >= 0.6 is 23.4 Å². The van der Waals surface area contributed by atoms with E-state index in [1.165, 1.54) is 29.1 Å². The molecule has 1 N–H and O–H groups in total. The summed E-state index contributed by atoms with van der Waals surface area (Å²) >= 11 is 8.01. The first-order valence-electron chi connectivity index (χ1n) is 5.89. The Morgan fingerprint density at radius 3 is 3.12 bits per heavy atom. The van der Waals surface area contributed by atoms with Gasteiger partial charge in [-0.25, -0.2) is 0 Å². The highest BCUT2D eigenvalue weighted by molar-refractivity contribution is 7.99. The quantitative estimate of drug-likeness (QED) is 0.866. The normalized spacial score (nSPS) is 21.6. The lowest BCUT2D eigenvalue weighted by atomic mass is 10.0. The van der Waals surface area contributed by atoms with E-state index in [1.54, 1.807) is 0 Å². The monoisotopic (exact) mass is 255 g/mol. The van der Waals surface area contributed by atoms with Gasteiger partial charge in [0.25, 0.3) is 0 Å². The van der Waals surface area contributed by atoms with Crippen LogP contribution < -0.4 is 5.32 Å². The topological polar surface area (TPSA) is 12.0 Å². The maximum Gasteiger partial charge on any atom is 0.0410 e. The third kappa shape index (κ3) is 2.73. The maximum atomic E-state index is 6.08. The lowest BCUT2D eigenvalue weighted by Crippen LogP contribution is -2.31. The van der Waals surface area contributed by atoms with Crippen LogP contribution in [0.3, 0.4) is 0 Å². The molecule has 2 unspecified atom stereocenters. The molecule has 88 valence electrons. The van der Waals surface area contributed by atoms with Crippen molar-refractivity contribution in [2.45, 2.75) is 43.7 Å². The maximum absolute atomic E-state index is 6.08. The summed E-state index contributed by atoms with van der Waals surface area (Å²) in [5.74, 6) is 1.20. The first kappa shape index (κ1) is 12.3. The molecule has 1 nitrogen and oxygen atoms in total. The molecule has 1 aliphatic rings. The molecule has 0 saturated heterocycles. The number of halogens is 1. The fourth-order valence-electron chi connectivity index (χ4n) is 2.00. The molecule has 0 saturated carbocycles. The number of thioether (sulfide) groups is 1. The molecule has 0 radical (unpaired) electrons. The zero-order valence-corrected chi connectivity index (χ0v) is 11.4. The number of hydrogen-bond donors (Lipinski definition) is 1. The third-order valence-electron chi connectivity index (χ3n) is 3.11. The molecule has 3 heteroatoms. The van der Waals surface area contributed by atoms with Crippen LogP contribution in [-0.4, -0.2) is 11.8 Å². The van der Waals surface area contributed by atoms with E-state index in [2.05, 4.69) is 31.3 Å². The molecule has 0 aliphatic carbocycles. The summed E-state index contributed by atoms with van der Waals surface area (Å²) in [6.45, 7) is 4.46. The minimum Gasteiger partial charge on any atom is -0.307 e. The molecule has 0 bridgehead atoms. The zero-order valence-electron chi connectivity index (χ0n) is 9.79. The number of hydrogen-bond acceptors (Lipinski definition) is 2.